The number of nitrogens with zero attached hydrogens (tertiary/aromatic N) is 1. The molecule has 0 radical (unpaired) electrons. The maximum Gasteiger partial charge on any atom is 0.254 e. The summed E-state index contributed by atoms with van der Waals surface area (Å²) in [4.78, 5) is 25.6. The Labute approximate surface area is 146 Å². The van der Waals surface area contributed by atoms with E-state index in [1.165, 1.54) is 19.2 Å². The second-order valence-electron chi connectivity index (χ2n) is 6.54. The number of hydrogen-bond donors (Lipinski definition) is 1. The first-order valence-corrected chi connectivity index (χ1v) is 8.21. The van der Waals surface area contributed by atoms with E-state index in [4.69, 9.17) is 0 Å². The zero-order valence-electron chi connectivity index (χ0n) is 14.9. The number of halogens is 1. The SMILES string of the molecule is CNC(=O)c1ccc(Cc2cc3c(c(C)c2C)CN(C)C3=O)cc1F. The maximum atomic E-state index is 14.2. The molecule has 3 rings (SSSR count). The van der Waals surface area contributed by atoms with Gasteiger partial charge in [0.1, 0.15) is 5.82 Å². The molecule has 0 atom stereocenters. The summed E-state index contributed by atoms with van der Waals surface area (Å²) in [6.45, 7) is 4.69. The fraction of sp³-hybridized carbons (Fsp3) is 0.300. The number of fused-ring (bicyclic) bond motifs is 1. The minimum absolute atomic E-state index is 0.0282. The van der Waals surface area contributed by atoms with Crippen LogP contribution in [0.3, 0.4) is 0 Å². The van der Waals surface area contributed by atoms with Crippen molar-refractivity contribution in [2.75, 3.05) is 14.1 Å². The van der Waals surface area contributed by atoms with Crippen LogP contribution in [-0.4, -0.2) is 30.8 Å². The summed E-state index contributed by atoms with van der Waals surface area (Å²) in [6.07, 6.45) is 0.516. The second-order valence-corrected chi connectivity index (χ2v) is 6.54. The van der Waals surface area contributed by atoms with E-state index in [2.05, 4.69) is 5.32 Å². The summed E-state index contributed by atoms with van der Waals surface area (Å²) in [7, 11) is 3.27. The molecule has 0 unspecified atom stereocenters. The van der Waals surface area contributed by atoms with Crippen LogP contribution < -0.4 is 5.32 Å². The summed E-state index contributed by atoms with van der Waals surface area (Å²) >= 11 is 0. The average Bonchev–Trinajstić information content (AvgIpc) is 2.87. The summed E-state index contributed by atoms with van der Waals surface area (Å²) in [6, 6.07) is 6.57. The predicted octanol–water partition coefficient (Wildman–Crippen LogP) is 2.98. The minimum Gasteiger partial charge on any atom is -0.355 e. The third-order valence-corrected chi connectivity index (χ3v) is 5.01. The quantitative estimate of drug-likeness (QED) is 0.934. The van der Waals surface area contributed by atoms with Gasteiger partial charge in [0.05, 0.1) is 5.56 Å². The Morgan fingerprint density at radius 2 is 1.96 bits per heavy atom. The highest BCUT2D eigenvalue weighted by Crippen LogP contribution is 2.30. The van der Waals surface area contributed by atoms with Gasteiger partial charge >= 0.3 is 0 Å². The Morgan fingerprint density at radius 1 is 1.24 bits per heavy atom. The third-order valence-electron chi connectivity index (χ3n) is 5.01. The van der Waals surface area contributed by atoms with Gasteiger partial charge in [-0.25, -0.2) is 4.39 Å². The Hall–Kier alpha value is -2.69. The Kier molecular flexibility index (Phi) is 4.33. The Balaban J connectivity index is 1.97. The van der Waals surface area contributed by atoms with Gasteiger partial charge in [-0.15, -0.1) is 0 Å². The van der Waals surface area contributed by atoms with Crippen LogP contribution in [0.5, 0.6) is 0 Å². The van der Waals surface area contributed by atoms with Crippen LogP contribution >= 0.6 is 0 Å². The lowest BCUT2D eigenvalue weighted by Crippen LogP contribution is -2.19. The standard InChI is InChI=1S/C20H21FN2O2/c1-11-12(2)17-10-23(4)20(25)16(17)9-14(11)7-13-5-6-15(18(21)8-13)19(24)22-3/h5-6,8-9H,7,10H2,1-4H3,(H,22,24). The molecule has 4 nitrogen and oxygen atoms in total. The van der Waals surface area contributed by atoms with Crippen LogP contribution in [0.4, 0.5) is 4.39 Å². The molecular formula is C20H21FN2O2. The van der Waals surface area contributed by atoms with Crippen LogP contribution in [0, 0.1) is 19.7 Å². The molecule has 2 aromatic rings. The van der Waals surface area contributed by atoms with Gasteiger partial charge in [0, 0.05) is 26.2 Å². The van der Waals surface area contributed by atoms with E-state index in [1.54, 1.807) is 18.0 Å². The number of amides is 2. The molecule has 0 aliphatic carbocycles. The smallest absolute Gasteiger partial charge is 0.254 e. The highest BCUT2D eigenvalue weighted by atomic mass is 19.1. The zero-order chi connectivity index (χ0) is 18.3. The monoisotopic (exact) mass is 340 g/mol. The number of carbonyl (C=O) groups excluding carboxylic acids is 2. The fourth-order valence-corrected chi connectivity index (χ4v) is 3.34. The van der Waals surface area contributed by atoms with Crippen molar-refractivity contribution in [3.8, 4) is 0 Å². The molecule has 5 heteroatoms. The minimum atomic E-state index is -0.539. The molecule has 0 bridgehead atoms. The van der Waals surface area contributed by atoms with E-state index in [1.807, 2.05) is 19.9 Å². The average molecular weight is 340 g/mol. The van der Waals surface area contributed by atoms with Gasteiger partial charge in [-0.3, -0.25) is 9.59 Å². The fourth-order valence-electron chi connectivity index (χ4n) is 3.34. The summed E-state index contributed by atoms with van der Waals surface area (Å²) in [5.41, 5.74) is 5.87. The van der Waals surface area contributed by atoms with Crippen molar-refractivity contribution in [2.24, 2.45) is 0 Å². The number of hydrogen-bond acceptors (Lipinski definition) is 2. The van der Waals surface area contributed by atoms with Gasteiger partial charge in [0.25, 0.3) is 11.8 Å². The first-order valence-electron chi connectivity index (χ1n) is 8.21. The van der Waals surface area contributed by atoms with Crippen molar-refractivity contribution in [2.45, 2.75) is 26.8 Å². The summed E-state index contributed by atoms with van der Waals surface area (Å²) in [5, 5.41) is 2.42. The molecular weight excluding hydrogens is 319 g/mol. The lowest BCUT2D eigenvalue weighted by Gasteiger charge is -2.13. The molecule has 2 aromatic carbocycles. The Bertz CT molecular complexity index is 890. The second kappa shape index (κ2) is 6.31. The molecule has 1 heterocycles. The van der Waals surface area contributed by atoms with Crippen molar-refractivity contribution in [3.63, 3.8) is 0 Å². The molecule has 25 heavy (non-hydrogen) atoms. The first kappa shape index (κ1) is 17.1. The van der Waals surface area contributed by atoms with E-state index in [0.29, 0.717) is 13.0 Å². The highest BCUT2D eigenvalue weighted by Gasteiger charge is 2.27. The molecule has 0 aromatic heterocycles. The third kappa shape index (κ3) is 2.90. The van der Waals surface area contributed by atoms with Crippen molar-refractivity contribution >= 4 is 11.8 Å². The van der Waals surface area contributed by atoms with Crippen LogP contribution in [0.1, 0.15) is 48.5 Å². The maximum absolute atomic E-state index is 14.2. The topological polar surface area (TPSA) is 49.4 Å². The molecule has 1 aliphatic heterocycles. The van der Waals surface area contributed by atoms with Gasteiger partial charge in [-0.05, 0) is 66.3 Å². The molecule has 0 fully saturated rings. The zero-order valence-corrected chi connectivity index (χ0v) is 14.9. The van der Waals surface area contributed by atoms with E-state index in [-0.39, 0.29) is 11.5 Å². The summed E-state index contributed by atoms with van der Waals surface area (Å²) in [5.74, 6) is -0.953. The molecule has 0 saturated carbocycles. The van der Waals surface area contributed by atoms with Gasteiger partial charge < -0.3 is 10.2 Å². The van der Waals surface area contributed by atoms with Crippen molar-refractivity contribution in [1.82, 2.24) is 10.2 Å². The van der Waals surface area contributed by atoms with E-state index < -0.39 is 11.7 Å². The largest absolute Gasteiger partial charge is 0.355 e. The molecule has 1 N–H and O–H groups in total. The first-order chi connectivity index (χ1) is 11.8. The predicted molar refractivity (Wildman–Crippen MR) is 94.3 cm³/mol. The van der Waals surface area contributed by atoms with Crippen LogP contribution in [0.15, 0.2) is 24.3 Å². The van der Waals surface area contributed by atoms with Crippen LogP contribution in [-0.2, 0) is 13.0 Å². The van der Waals surface area contributed by atoms with Gasteiger partial charge in [-0.2, -0.15) is 0 Å². The lowest BCUT2D eigenvalue weighted by atomic mass is 9.91. The van der Waals surface area contributed by atoms with Gasteiger partial charge in [0.15, 0.2) is 0 Å². The normalized spacial score (nSPS) is 13.2. The van der Waals surface area contributed by atoms with Gasteiger partial charge in [0.2, 0.25) is 0 Å². The number of benzene rings is 2. The summed E-state index contributed by atoms with van der Waals surface area (Å²) < 4.78 is 14.2. The molecule has 2 amide bonds. The van der Waals surface area contributed by atoms with Crippen molar-refractivity contribution < 1.29 is 14.0 Å². The van der Waals surface area contributed by atoms with Gasteiger partial charge in [-0.1, -0.05) is 6.07 Å². The lowest BCUT2D eigenvalue weighted by molar-refractivity contribution is 0.0816. The molecule has 130 valence electrons. The number of carbonyl (C=O) groups is 2. The van der Waals surface area contributed by atoms with E-state index in [9.17, 15) is 14.0 Å². The molecule has 1 aliphatic rings. The Morgan fingerprint density at radius 3 is 2.60 bits per heavy atom. The number of rotatable bonds is 3. The van der Waals surface area contributed by atoms with E-state index >= 15 is 0 Å². The van der Waals surface area contributed by atoms with Crippen molar-refractivity contribution in [1.29, 1.82) is 0 Å². The van der Waals surface area contributed by atoms with Crippen LogP contribution in [0.2, 0.25) is 0 Å². The van der Waals surface area contributed by atoms with Crippen LogP contribution in [0.25, 0.3) is 0 Å². The highest BCUT2D eigenvalue weighted by molar-refractivity contribution is 5.99. The number of nitrogens with one attached hydrogen (secondary N) is 1. The van der Waals surface area contributed by atoms with Crippen molar-refractivity contribution in [3.05, 3.63) is 69.0 Å². The molecule has 0 saturated heterocycles. The van der Waals surface area contributed by atoms with E-state index in [0.717, 1.165) is 33.4 Å². The molecule has 0 spiro atoms.